The second kappa shape index (κ2) is 4.33. The van der Waals surface area contributed by atoms with Gasteiger partial charge in [-0.2, -0.15) is 5.10 Å². The third kappa shape index (κ3) is 2.27. The number of amides is 1. The van der Waals surface area contributed by atoms with Crippen molar-refractivity contribution in [3.63, 3.8) is 0 Å². The molecule has 19 heavy (non-hydrogen) atoms. The van der Waals surface area contributed by atoms with Crippen LogP contribution in [0.25, 0.3) is 0 Å². The molecule has 7 heteroatoms. The highest BCUT2D eigenvalue weighted by Gasteiger charge is 2.36. The fourth-order valence-electron chi connectivity index (χ4n) is 2.87. The molecule has 1 atom stereocenters. The maximum absolute atomic E-state index is 12.4. The van der Waals surface area contributed by atoms with Gasteiger partial charge < -0.3 is 4.90 Å². The van der Waals surface area contributed by atoms with Crippen LogP contribution in [0.5, 0.6) is 0 Å². The van der Waals surface area contributed by atoms with Crippen molar-refractivity contribution in [2.24, 2.45) is 5.92 Å². The van der Waals surface area contributed by atoms with Gasteiger partial charge in [-0.1, -0.05) is 0 Å². The van der Waals surface area contributed by atoms with E-state index in [2.05, 4.69) is 10.2 Å². The minimum absolute atomic E-state index is 0.0135. The highest BCUT2D eigenvalue weighted by molar-refractivity contribution is 7.91. The number of carbonyl (C=O) groups excluding carboxylic acids is 1. The van der Waals surface area contributed by atoms with Crippen LogP contribution in [0.15, 0.2) is 0 Å². The summed E-state index contributed by atoms with van der Waals surface area (Å²) in [4.78, 5) is 14.1. The Labute approximate surface area is 112 Å². The van der Waals surface area contributed by atoms with Gasteiger partial charge in [0.1, 0.15) is 0 Å². The molecule has 1 saturated heterocycles. The third-order valence-corrected chi connectivity index (χ3v) is 5.79. The van der Waals surface area contributed by atoms with Crippen molar-refractivity contribution in [1.82, 2.24) is 15.1 Å². The molecule has 0 spiro atoms. The first-order valence-corrected chi connectivity index (χ1v) is 8.30. The number of aromatic nitrogens is 2. The average Bonchev–Trinajstić information content (AvgIpc) is 2.92. The number of aromatic amines is 1. The SMILES string of the molecule is Cc1[nH]nc2c1CN(C(=O)[C@H]1CCS(=O)(=O)C1)CC2. The first-order chi connectivity index (χ1) is 8.96. The van der Waals surface area contributed by atoms with Crippen LogP contribution >= 0.6 is 0 Å². The lowest BCUT2D eigenvalue weighted by Gasteiger charge is -2.28. The molecular formula is C12H17N3O3S. The molecule has 0 unspecified atom stereocenters. The van der Waals surface area contributed by atoms with E-state index in [-0.39, 0.29) is 23.3 Å². The quantitative estimate of drug-likeness (QED) is 0.788. The van der Waals surface area contributed by atoms with Crippen LogP contribution in [0.1, 0.15) is 23.4 Å². The standard InChI is InChI=1S/C12H17N3O3S/c1-8-10-6-15(4-2-11(10)14-13-8)12(16)9-3-5-19(17,18)7-9/h9H,2-7H2,1H3,(H,13,14)/t9-/m0/s1. The lowest BCUT2D eigenvalue weighted by molar-refractivity contribution is -0.135. The van der Waals surface area contributed by atoms with Crippen molar-refractivity contribution in [3.8, 4) is 0 Å². The number of aryl methyl sites for hydroxylation is 1. The Kier molecular flexibility index (Phi) is 2.88. The van der Waals surface area contributed by atoms with Crippen molar-refractivity contribution < 1.29 is 13.2 Å². The molecule has 0 aromatic carbocycles. The summed E-state index contributed by atoms with van der Waals surface area (Å²) in [6.07, 6.45) is 1.21. The van der Waals surface area contributed by atoms with E-state index in [1.54, 1.807) is 4.90 Å². The normalized spacial score (nSPS) is 25.3. The number of nitrogens with one attached hydrogen (secondary N) is 1. The second-order valence-electron chi connectivity index (χ2n) is 5.38. The lowest BCUT2D eigenvalue weighted by atomic mass is 10.0. The summed E-state index contributed by atoms with van der Waals surface area (Å²) in [5, 5.41) is 7.15. The molecule has 2 aliphatic heterocycles. The molecule has 104 valence electrons. The first kappa shape index (κ1) is 12.7. The van der Waals surface area contributed by atoms with E-state index < -0.39 is 9.84 Å². The zero-order chi connectivity index (χ0) is 13.6. The van der Waals surface area contributed by atoms with E-state index in [1.807, 2.05) is 6.92 Å². The summed E-state index contributed by atoms with van der Waals surface area (Å²) in [5.74, 6) is -0.210. The fraction of sp³-hybridized carbons (Fsp3) is 0.667. The minimum atomic E-state index is -3.00. The minimum Gasteiger partial charge on any atom is -0.338 e. The number of sulfone groups is 1. The summed E-state index contributed by atoms with van der Waals surface area (Å²) < 4.78 is 22.9. The van der Waals surface area contributed by atoms with E-state index in [0.29, 0.717) is 19.5 Å². The van der Waals surface area contributed by atoms with Crippen LogP contribution in [-0.4, -0.2) is 47.5 Å². The maximum atomic E-state index is 12.4. The number of rotatable bonds is 1. The Bertz CT molecular complexity index is 620. The topological polar surface area (TPSA) is 83.1 Å². The largest absolute Gasteiger partial charge is 0.338 e. The zero-order valence-electron chi connectivity index (χ0n) is 10.8. The van der Waals surface area contributed by atoms with Crippen LogP contribution in [0.3, 0.4) is 0 Å². The number of fused-ring (bicyclic) bond motifs is 1. The Balaban J connectivity index is 1.75. The Morgan fingerprint density at radius 2 is 2.26 bits per heavy atom. The van der Waals surface area contributed by atoms with E-state index >= 15 is 0 Å². The highest BCUT2D eigenvalue weighted by Crippen LogP contribution is 2.25. The van der Waals surface area contributed by atoms with Gasteiger partial charge in [0.15, 0.2) is 9.84 Å². The van der Waals surface area contributed by atoms with Gasteiger partial charge in [0.05, 0.1) is 23.1 Å². The Hall–Kier alpha value is -1.37. The van der Waals surface area contributed by atoms with Gasteiger partial charge in [0, 0.05) is 30.8 Å². The molecule has 0 radical (unpaired) electrons. The number of hydrogen-bond acceptors (Lipinski definition) is 4. The Morgan fingerprint density at radius 3 is 2.95 bits per heavy atom. The van der Waals surface area contributed by atoms with Crippen LogP contribution < -0.4 is 0 Å². The average molecular weight is 283 g/mol. The summed E-state index contributed by atoms with van der Waals surface area (Å²) in [6, 6.07) is 0. The van der Waals surface area contributed by atoms with Crippen LogP contribution in [0.2, 0.25) is 0 Å². The van der Waals surface area contributed by atoms with E-state index in [9.17, 15) is 13.2 Å². The van der Waals surface area contributed by atoms with Crippen molar-refractivity contribution in [1.29, 1.82) is 0 Å². The predicted octanol–water partition coefficient (Wildman–Crippen LogP) is 0.0375. The number of nitrogens with zero attached hydrogens (tertiary/aromatic N) is 2. The molecule has 1 amide bonds. The van der Waals surface area contributed by atoms with Gasteiger partial charge in [-0.25, -0.2) is 8.42 Å². The predicted molar refractivity (Wildman–Crippen MR) is 69.2 cm³/mol. The molecule has 0 saturated carbocycles. The monoisotopic (exact) mass is 283 g/mol. The van der Waals surface area contributed by atoms with Gasteiger partial charge in [-0.05, 0) is 13.3 Å². The van der Waals surface area contributed by atoms with Gasteiger partial charge in [-0.15, -0.1) is 0 Å². The van der Waals surface area contributed by atoms with Gasteiger partial charge >= 0.3 is 0 Å². The summed E-state index contributed by atoms with van der Waals surface area (Å²) in [6.45, 7) is 3.12. The highest BCUT2D eigenvalue weighted by atomic mass is 32.2. The van der Waals surface area contributed by atoms with Crippen molar-refractivity contribution >= 4 is 15.7 Å². The van der Waals surface area contributed by atoms with Crippen molar-refractivity contribution in [2.75, 3.05) is 18.1 Å². The van der Waals surface area contributed by atoms with Crippen LogP contribution in [0.4, 0.5) is 0 Å². The Morgan fingerprint density at radius 1 is 1.47 bits per heavy atom. The second-order valence-corrected chi connectivity index (χ2v) is 7.61. The lowest BCUT2D eigenvalue weighted by Crippen LogP contribution is -2.40. The van der Waals surface area contributed by atoms with Gasteiger partial charge in [-0.3, -0.25) is 9.89 Å². The molecule has 1 fully saturated rings. The summed E-state index contributed by atoms with van der Waals surface area (Å²) in [5.41, 5.74) is 3.10. The zero-order valence-corrected chi connectivity index (χ0v) is 11.7. The molecule has 1 N–H and O–H groups in total. The number of H-pyrrole nitrogens is 1. The molecule has 1 aromatic rings. The maximum Gasteiger partial charge on any atom is 0.227 e. The molecule has 3 heterocycles. The van der Waals surface area contributed by atoms with E-state index in [0.717, 1.165) is 23.4 Å². The first-order valence-electron chi connectivity index (χ1n) is 6.48. The molecule has 1 aromatic heterocycles. The number of carbonyl (C=O) groups is 1. The van der Waals surface area contributed by atoms with Crippen LogP contribution in [0, 0.1) is 12.8 Å². The van der Waals surface area contributed by atoms with E-state index in [1.165, 1.54) is 0 Å². The molecule has 0 bridgehead atoms. The smallest absolute Gasteiger partial charge is 0.227 e. The number of hydrogen-bond donors (Lipinski definition) is 1. The van der Waals surface area contributed by atoms with Crippen molar-refractivity contribution in [3.05, 3.63) is 17.0 Å². The molecule has 2 aliphatic rings. The van der Waals surface area contributed by atoms with Crippen molar-refractivity contribution in [2.45, 2.75) is 26.3 Å². The molecule has 6 nitrogen and oxygen atoms in total. The summed E-state index contributed by atoms with van der Waals surface area (Å²) >= 11 is 0. The molecule has 0 aliphatic carbocycles. The van der Waals surface area contributed by atoms with E-state index in [4.69, 9.17) is 0 Å². The van der Waals surface area contributed by atoms with Gasteiger partial charge in [0.2, 0.25) is 5.91 Å². The third-order valence-electron chi connectivity index (χ3n) is 4.02. The molecule has 3 rings (SSSR count). The fourth-order valence-corrected chi connectivity index (χ4v) is 4.60. The van der Waals surface area contributed by atoms with Crippen LogP contribution in [-0.2, 0) is 27.6 Å². The molecular weight excluding hydrogens is 266 g/mol. The van der Waals surface area contributed by atoms with Gasteiger partial charge in [0.25, 0.3) is 0 Å². The summed E-state index contributed by atoms with van der Waals surface area (Å²) in [7, 11) is -3.00.